The SMILES string of the molecule is COc1ncccc1NC(=O)CCCc1nc(C)no1. The molecule has 0 aromatic carbocycles. The summed E-state index contributed by atoms with van der Waals surface area (Å²) in [7, 11) is 1.51. The zero-order valence-electron chi connectivity index (χ0n) is 11.4. The molecule has 1 amide bonds. The van der Waals surface area contributed by atoms with Crippen molar-refractivity contribution in [1.82, 2.24) is 15.1 Å². The van der Waals surface area contributed by atoms with Crippen molar-refractivity contribution in [2.24, 2.45) is 0 Å². The molecule has 0 radical (unpaired) electrons. The van der Waals surface area contributed by atoms with Gasteiger partial charge in [0.2, 0.25) is 17.7 Å². The van der Waals surface area contributed by atoms with Crippen LogP contribution < -0.4 is 10.1 Å². The van der Waals surface area contributed by atoms with E-state index >= 15 is 0 Å². The molecule has 0 saturated heterocycles. The van der Waals surface area contributed by atoms with Crippen LogP contribution in [0.2, 0.25) is 0 Å². The fourth-order valence-corrected chi connectivity index (χ4v) is 1.70. The number of hydrogen-bond donors (Lipinski definition) is 1. The molecule has 0 fully saturated rings. The van der Waals surface area contributed by atoms with Gasteiger partial charge in [0.1, 0.15) is 5.69 Å². The highest BCUT2D eigenvalue weighted by molar-refractivity contribution is 5.91. The van der Waals surface area contributed by atoms with E-state index in [0.29, 0.717) is 42.5 Å². The Morgan fingerprint density at radius 1 is 1.50 bits per heavy atom. The number of aromatic nitrogens is 3. The van der Waals surface area contributed by atoms with Crippen LogP contribution in [-0.2, 0) is 11.2 Å². The number of ether oxygens (including phenoxy) is 1. The van der Waals surface area contributed by atoms with Crippen LogP contribution in [-0.4, -0.2) is 28.1 Å². The Hall–Kier alpha value is -2.44. The smallest absolute Gasteiger partial charge is 0.237 e. The number of hydrogen-bond acceptors (Lipinski definition) is 6. The van der Waals surface area contributed by atoms with Gasteiger partial charge in [-0.1, -0.05) is 5.16 Å². The molecular weight excluding hydrogens is 260 g/mol. The molecule has 2 rings (SSSR count). The summed E-state index contributed by atoms with van der Waals surface area (Å²) in [5, 5.41) is 6.45. The average Bonchev–Trinajstić information content (AvgIpc) is 2.85. The fourth-order valence-electron chi connectivity index (χ4n) is 1.70. The van der Waals surface area contributed by atoms with Crippen LogP contribution in [0.1, 0.15) is 24.6 Å². The van der Waals surface area contributed by atoms with Crippen LogP contribution in [0.25, 0.3) is 0 Å². The van der Waals surface area contributed by atoms with Gasteiger partial charge in [0.15, 0.2) is 5.82 Å². The van der Waals surface area contributed by atoms with E-state index in [-0.39, 0.29) is 5.91 Å². The Kier molecular flexibility index (Phi) is 4.65. The zero-order valence-corrected chi connectivity index (χ0v) is 11.4. The minimum absolute atomic E-state index is 0.104. The number of carbonyl (C=O) groups excluding carboxylic acids is 1. The molecule has 2 heterocycles. The van der Waals surface area contributed by atoms with Crippen molar-refractivity contribution >= 4 is 11.6 Å². The van der Waals surface area contributed by atoms with E-state index in [1.54, 1.807) is 25.3 Å². The second kappa shape index (κ2) is 6.65. The number of methoxy groups -OCH3 is 1. The molecule has 0 unspecified atom stereocenters. The number of rotatable bonds is 6. The summed E-state index contributed by atoms with van der Waals surface area (Å²) in [6.07, 6.45) is 3.18. The quantitative estimate of drug-likeness (QED) is 0.864. The van der Waals surface area contributed by atoms with Gasteiger partial charge in [-0.25, -0.2) is 4.98 Å². The molecule has 0 spiro atoms. The molecule has 0 atom stereocenters. The summed E-state index contributed by atoms with van der Waals surface area (Å²) in [6, 6.07) is 3.48. The van der Waals surface area contributed by atoms with Gasteiger partial charge in [-0.15, -0.1) is 0 Å². The normalized spacial score (nSPS) is 10.3. The van der Waals surface area contributed by atoms with E-state index in [1.165, 1.54) is 7.11 Å². The predicted molar refractivity (Wildman–Crippen MR) is 71.4 cm³/mol. The fraction of sp³-hybridized carbons (Fsp3) is 0.385. The van der Waals surface area contributed by atoms with Gasteiger partial charge in [0.05, 0.1) is 7.11 Å². The summed E-state index contributed by atoms with van der Waals surface area (Å²) in [4.78, 5) is 19.9. The second-order valence-electron chi connectivity index (χ2n) is 4.20. The first-order valence-electron chi connectivity index (χ1n) is 6.27. The number of carbonyl (C=O) groups is 1. The summed E-state index contributed by atoms with van der Waals surface area (Å²) >= 11 is 0. The van der Waals surface area contributed by atoms with Crippen molar-refractivity contribution in [2.45, 2.75) is 26.2 Å². The van der Waals surface area contributed by atoms with E-state index in [9.17, 15) is 4.79 Å². The molecule has 106 valence electrons. The maximum atomic E-state index is 11.8. The highest BCUT2D eigenvalue weighted by Gasteiger charge is 2.09. The van der Waals surface area contributed by atoms with Gasteiger partial charge >= 0.3 is 0 Å². The van der Waals surface area contributed by atoms with Crippen LogP contribution in [0, 0.1) is 6.92 Å². The van der Waals surface area contributed by atoms with Gasteiger partial charge in [0, 0.05) is 19.0 Å². The largest absolute Gasteiger partial charge is 0.480 e. The molecule has 0 saturated carbocycles. The standard InChI is InChI=1S/C13H16N4O3/c1-9-15-12(20-17-9)7-3-6-11(18)16-10-5-4-8-14-13(10)19-2/h4-5,8H,3,6-7H2,1-2H3,(H,16,18). The van der Waals surface area contributed by atoms with Crippen LogP contribution in [0.3, 0.4) is 0 Å². The summed E-state index contributed by atoms with van der Waals surface area (Å²) < 4.78 is 10.0. The van der Waals surface area contributed by atoms with Crippen molar-refractivity contribution in [3.8, 4) is 5.88 Å². The van der Waals surface area contributed by atoms with Crippen LogP contribution in [0.15, 0.2) is 22.9 Å². The van der Waals surface area contributed by atoms with Crippen LogP contribution in [0.5, 0.6) is 5.88 Å². The topological polar surface area (TPSA) is 90.1 Å². The third kappa shape index (κ3) is 3.78. The van der Waals surface area contributed by atoms with E-state index in [1.807, 2.05) is 0 Å². The lowest BCUT2D eigenvalue weighted by Gasteiger charge is -2.08. The number of nitrogens with zero attached hydrogens (tertiary/aromatic N) is 3. The first kappa shape index (κ1) is 14.0. The van der Waals surface area contributed by atoms with E-state index in [4.69, 9.17) is 9.26 Å². The minimum atomic E-state index is -0.104. The molecule has 20 heavy (non-hydrogen) atoms. The van der Waals surface area contributed by atoms with Crippen LogP contribution in [0.4, 0.5) is 5.69 Å². The lowest BCUT2D eigenvalue weighted by molar-refractivity contribution is -0.116. The molecule has 2 aromatic rings. The Morgan fingerprint density at radius 2 is 2.35 bits per heavy atom. The molecule has 7 heteroatoms. The van der Waals surface area contributed by atoms with Crippen LogP contribution >= 0.6 is 0 Å². The summed E-state index contributed by atoms with van der Waals surface area (Å²) in [5.41, 5.74) is 0.564. The first-order chi connectivity index (χ1) is 9.69. The molecule has 0 aliphatic rings. The Labute approximate surface area is 116 Å². The monoisotopic (exact) mass is 276 g/mol. The van der Waals surface area contributed by atoms with E-state index < -0.39 is 0 Å². The van der Waals surface area contributed by atoms with Crippen molar-refractivity contribution in [2.75, 3.05) is 12.4 Å². The third-order valence-corrected chi connectivity index (χ3v) is 2.60. The van der Waals surface area contributed by atoms with E-state index in [0.717, 1.165) is 0 Å². The number of aryl methyl sites for hydroxylation is 2. The molecule has 0 aliphatic heterocycles. The molecule has 1 N–H and O–H groups in total. The highest BCUT2D eigenvalue weighted by atomic mass is 16.5. The second-order valence-corrected chi connectivity index (χ2v) is 4.20. The van der Waals surface area contributed by atoms with Gasteiger partial charge in [0.25, 0.3) is 0 Å². The lowest BCUT2D eigenvalue weighted by Crippen LogP contribution is -2.12. The highest BCUT2D eigenvalue weighted by Crippen LogP contribution is 2.20. The molecule has 2 aromatic heterocycles. The lowest BCUT2D eigenvalue weighted by atomic mass is 10.2. The Bertz CT molecular complexity index is 583. The third-order valence-electron chi connectivity index (χ3n) is 2.60. The number of nitrogens with one attached hydrogen (secondary N) is 1. The molecule has 0 aliphatic carbocycles. The molecule has 7 nitrogen and oxygen atoms in total. The predicted octanol–water partition coefficient (Wildman–Crippen LogP) is 1.74. The van der Waals surface area contributed by atoms with Crippen molar-refractivity contribution in [3.05, 3.63) is 30.0 Å². The number of amides is 1. The first-order valence-corrected chi connectivity index (χ1v) is 6.27. The Balaban J connectivity index is 1.80. The maximum absolute atomic E-state index is 11.8. The van der Waals surface area contributed by atoms with Gasteiger partial charge in [-0.05, 0) is 25.5 Å². The summed E-state index contributed by atoms with van der Waals surface area (Å²) in [6.45, 7) is 1.76. The van der Waals surface area contributed by atoms with Gasteiger partial charge in [-0.2, -0.15) is 4.98 Å². The van der Waals surface area contributed by atoms with Crippen molar-refractivity contribution in [3.63, 3.8) is 0 Å². The number of pyridine rings is 1. The Morgan fingerprint density at radius 3 is 3.05 bits per heavy atom. The van der Waals surface area contributed by atoms with Gasteiger partial charge in [-0.3, -0.25) is 4.79 Å². The number of anilines is 1. The van der Waals surface area contributed by atoms with Crippen molar-refractivity contribution in [1.29, 1.82) is 0 Å². The summed E-state index contributed by atoms with van der Waals surface area (Å²) in [5.74, 6) is 1.44. The van der Waals surface area contributed by atoms with E-state index in [2.05, 4.69) is 20.4 Å². The minimum Gasteiger partial charge on any atom is -0.480 e. The van der Waals surface area contributed by atoms with Crippen molar-refractivity contribution < 1.29 is 14.1 Å². The molecule has 0 bridgehead atoms. The maximum Gasteiger partial charge on any atom is 0.237 e. The van der Waals surface area contributed by atoms with Gasteiger partial charge < -0.3 is 14.6 Å². The average molecular weight is 276 g/mol. The zero-order chi connectivity index (χ0) is 14.4. The molecular formula is C13H16N4O3.